The van der Waals surface area contributed by atoms with E-state index in [9.17, 15) is 31.1 Å². The average molecular weight is 712 g/mol. The van der Waals surface area contributed by atoms with Crippen molar-refractivity contribution in [2.24, 2.45) is 5.92 Å². The summed E-state index contributed by atoms with van der Waals surface area (Å²) >= 11 is 1.13. The van der Waals surface area contributed by atoms with Gasteiger partial charge in [0.15, 0.2) is 0 Å². The molecule has 0 aliphatic carbocycles. The van der Waals surface area contributed by atoms with E-state index in [2.05, 4.69) is 4.72 Å². The fourth-order valence-electron chi connectivity index (χ4n) is 5.19. The highest BCUT2D eigenvalue weighted by Gasteiger charge is 2.33. The molecule has 258 valence electrons. The zero-order valence-electron chi connectivity index (χ0n) is 26.8. The first-order valence-electron chi connectivity index (χ1n) is 15.3. The van der Waals surface area contributed by atoms with Crippen molar-refractivity contribution in [1.29, 1.82) is 0 Å². The van der Waals surface area contributed by atoms with E-state index in [-0.39, 0.29) is 57.8 Å². The summed E-state index contributed by atoms with van der Waals surface area (Å²) in [4.78, 5) is 15.6. The number of fused-ring (bicyclic) bond motifs is 1. The Morgan fingerprint density at radius 2 is 1.83 bits per heavy atom. The van der Waals surface area contributed by atoms with Gasteiger partial charge >= 0.3 is 0 Å². The second-order valence-electron chi connectivity index (χ2n) is 11.8. The Morgan fingerprint density at radius 1 is 1.11 bits per heavy atom. The van der Waals surface area contributed by atoms with Crippen molar-refractivity contribution in [3.05, 3.63) is 71.4 Å². The fourth-order valence-corrected chi connectivity index (χ4v) is 8.63. The molecular weight excluding hydrogens is 670 g/mol. The molecule has 0 unspecified atom stereocenters. The highest BCUT2D eigenvalue weighted by molar-refractivity contribution is 7.92. The van der Waals surface area contributed by atoms with Crippen molar-refractivity contribution in [3.8, 4) is 5.75 Å². The van der Waals surface area contributed by atoms with Crippen LogP contribution in [0.4, 0.5) is 10.1 Å². The predicted octanol–water partition coefficient (Wildman–Crippen LogP) is 4.80. The smallest absolute Gasteiger partial charge is 0.261 e. The minimum absolute atomic E-state index is 0.0440. The Bertz CT molecular complexity index is 1700. The quantitative estimate of drug-likeness (QED) is 0.322. The number of likely N-dealkylation sites (N-methyl/N-ethyl adjacent to an activating group) is 1. The number of aliphatic hydroxyl groups is 1. The van der Waals surface area contributed by atoms with Crippen LogP contribution in [0, 0.1) is 11.7 Å². The summed E-state index contributed by atoms with van der Waals surface area (Å²) in [6.45, 7) is 5.57. The molecule has 4 atom stereocenters. The van der Waals surface area contributed by atoms with Crippen molar-refractivity contribution >= 4 is 43.0 Å². The maximum atomic E-state index is 14.3. The second kappa shape index (κ2) is 15.9. The van der Waals surface area contributed by atoms with Gasteiger partial charge in [-0.3, -0.25) is 9.52 Å². The Morgan fingerprint density at radius 3 is 2.49 bits per heavy atom. The molecule has 1 aliphatic rings. The molecule has 0 fully saturated rings. The van der Waals surface area contributed by atoms with Crippen LogP contribution in [0.2, 0.25) is 0 Å². The molecule has 2 heterocycles. The zero-order valence-corrected chi connectivity index (χ0v) is 29.3. The lowest BCUT2D eigenvalue weighted by Gasteiger charge is -2.35. The molecule has 4 rings (SSSR count). The monoisotopic (exact) mass is 711 g/mol. The number of rotatable bonds is 9. The molecule has 2 N–H and O–H groups in total. The Labute approximate surface area is 280 Å². The molecule has 0 saturated carbocycles. The number of carbonyl (C=O) groups excluding carboxylic acids is 1. The fraction of sp³-hybridized carbons (Fsp3) is 0.469. The third-order valence-electron chi connectivity index (χ3n) is 8.02. The molecule has 1 amide bonds. The first-order valence-corrected chi connectivity index (χ1v) is 19.2. The van der Waals surface area contributed by atoms with Gasteiger partial charge < -0.3 is 19.5 Å². The maximum Gasteiger partial charge on any atom is 0.261 e. The van der Waals surface area contributed by atoms with Gasteiger partial charge in [-0.2, -0.15) is 4.31 Å². The third kappa shape index (κ3) is 9.30. The van der Waals surface area contributed by atoms with Gasteiger partial charge in [-0.25, -0.2) is 21.2 Å². The largest absolute Gasteiger partial charge is 0.490 e. The number of ether oxygens (including phenoxy) is 2. The molecule has 15 heteroatoms. The number of benzene rings is 2. The molecule has 1 aliphatic heterocycles. The number of aliphatic hydroxyl groups excluding tert-OH is 1. The first-order chi connectivity index (χ1) is 22.2. The number of sulfonamides is 2. The number of halogens is 1. The summed E-state index contributed by atoms with van der Waals surface area (Å²) < 4.78 is 82.4. The number of amides is 1. The summed E-state index contributed by atoms with van der Waals surface area (Å²) in [7, 11) is -6.37. The van der Waals surface area contributed by atoms with Crippen molar-refractivity contribution in [2.75, 3.05) is 38.1 Å². The molecule has 0 spiro atoms. The molecule has 0 radical (unpaired) electrons. The van der Waals surface area contributed by atoms with Crippen LogP contribution in [0.15, 0.2) is 69.1 Å². The van der Waals surface area contributed by atoms with Crippen LogP contribution in [0.5, 0.6) is 5.75 Å². The standard InChI is InChI=1S/C32H42FN3O8S3/c1-22-19-36(23(2)21-37)32(38)28-18-26(34-46(39,40)27-13-10-25(33)11-14-27)12-15-29(28)44-24(3)8-5-6-16-43-30(22)20-35(4)47(41,42)31-9-7-17-45-31/h7,9-15,17-18,22-24,30,34,37H,5-6,8,16,19-21H2,1-4H3/t22-,23-,24+,30-/m0/s1. The Balaban J connectivity index is 1.68. The van der Waals surface area contributed by atoms with Gasteiger partial charge in [-0.1, -0.05) is 13.0 Å². The van der Waals surface area contributed by atoms with Crippen LogP contribution >= 0.6 is 11.3 Å². The topological polar surface area (TPSA) is 143 Å². The van der Waals surface area contributed by atoms with E-state index in [1.807, 2.05) is 13.8 Å². The number of nitrogens with zero attached hydrogens (tertiary/aromatic N) is 2. The highest BCUT2D eigenvalue weighted by atomic mass is 32.2. The van der Waals surface area contributed by atoms with E-state index < -0.39 is 43.9 Å². The van der Waals surface area contributed by atoms with Gasteiger partial charge in [0, 0.05) is 38.3 Å². The van der Waals surface area contributed by atoms with Crippen molar-refractivity contribution in [1.82, 2.24) is 9.21 Å². The van der Waals surface area contributed by atoms with Crippen LogP contribution < -0.4 is 9.46 Å². The van der Waals surface area contributed by atoms with Crippen LogP contribution in [-0.4, -0.2) is 88.7 Å². The van der Waals surface area contributed by atoms with Gasteiger partial charge in [-0.05, 0) is 87.0 Å². The lowest BCUT2D eigenvalue weighted by Crippen LogP contribution is -2.48. The minimum Gasteiger partial charge on any atom is -0.490 e. The van der Waals surface area contributed by atoms with Crippen molar-refractivity contribution in [2.45, 2.75) is 67.4 Å². The van der Waals surface area contributed by atoms with Gasteiger partial charge in [-0.15, -0.1) is 11.3 Å². The number of anilines is 1. The number of carbonyl (C=O) groups is 1. The zero-order chi connectivity index (χ0) is 34.4. The average Bonchev–Trinajstić information content (AvgIpc) is 3.59. The highest BCUT2D eigenvalue weighted by Crippen LogP contribution is 2.30. The number of thiophene rings is 1. The molecule has 0 saturated heterocycles. The molecule has 3 aromatic rings. The molecular formula is C32H42FN3O8S3. The van der Waals surface area contributed by atoms with E-state index in [0.717, 1.165) is 42.0 Å². The number of hydrogen-bond donors (Lipinski definition) is 2. The van der Waals surface area contributed by atoms with E-state index in [0.29, 0.717) is 19.4 Å². The Hall–Kier alpha value is -3.08. The van der Waals surface area contributed by atoms with Crippen LogP contribution in [0.25, 0.3) is 0 Å². The van der Waals surface area contributed by atoms with E-state index >= 15 is 0 Å². The van der Waals surface area contributed by atoms with Gasteiger partial charge in [0.1, 0.15) is 15.8 Å². The van der Waals surface area contributed by atoms with Gasteiger partial charge in [0.25, 0.3) is 26.0 Å². The first kappa shape index (κ1) is 36.8. The predicted molar refractivity (Wildman–Crippen MR) is 178 cm³/mol. The number of hydrogen-bond acceptors (Lipinski definition) is 9. The minimum atomic E-state index is -4.12. The third-order valence-corrected chi connectivity index (χ3v) is 12.6. The summed E-state index contributed by atoms with van der Waals surface area (Å²) in [6.07, 6.45) is 1.20. The van der Waals surface area contributed by atoms with Crippen LogP contribution in [0.3, 0.4) is 0 Å². The molecule has 0 bridgehead atoms. The summed E-state index contributed by atoms with van der Waals surface area (Å²) in [6, 6.07) is 11.3. The van der Waals surface area contributed by atoms with Crippen LogP contribution in [-0.2, 0) is 24.8 Å². The van der Waals surface area contributed by atoms with Crippen molar-refractivity contribution < 1.29 is 40.6 Å². The number of nitrogens with one attached hydrogen (secondary N) is 1. The molecule has 11 nitrogen and oxygen atoms in total. The molecule has 2 aromatic carbocycles. The molecule has 47 heavy (non-hydrogen) atoms. The normalized spacial score (nSPS) is 21.0. The molecule has 1 aromatic heterocycles. The Kier molecular flexibility index (Phi) is 12.4. The van der Waals surface area contributed by atoms with Crippen molar-refractivity contribution in [3.63, 3.8) is 0 Å². The summed E-state index contributed by atoms with van der Waals surface area (Å²) in [5.74, 6) is -1.22. The maximum absolute atomic E-state index is 14.3. The second-order valence-corrected chi connectivity index (χ2v) is 16.7. The van der Waals surface area contributed by atoms with E-state index in [1.54, 1.807) is 24.4 Å². The van der Waals surface area contributed by atoms with E-state index in [4.69, 9.17) is 9.47 Å². The lowest BCUT2D eigenvalue weighted by molar-refractivity contribution is -0.00832. The van der Waals surface area contributed by atoms with Gasteiger partial charge in [0.2, 0.25) is 0 Å². The van der Waals surface area contributed by atoms with Gasteiger partial charge in [0.05, 0.1) is 35.3 Å². The summed E-state index contributed by atoms with van der Waals surface area (Å²) in [5, 5.41) is 11.9. The van der Waals surface area contributed by atoms with Crippen LogP contribution in [0.1, 0.15) is 50.4 Å². The SMILES string of the molecule is C[C@@H]1CCCCO[C@@H](CN(C)S(=O)(=O)c2cccs2)[C@@H](C)CN([C@@H](C)CO)C(=O)c2cc(NS(=O)(=O)c3ccc(F)cc3)ccc2O1. The van der Waals surface area contributed by atoms with E-state index in [1.165, 1.54) is 34.5 Å². The lowest BCUT2D eigenvalue weighted by atomic mass is 10.0. The summed E-state index contributed by atoms with van der Waals surface area (Å²) in [5.41, 5.74) is 0.167.